The number of pyridine rings is 1. The summed E-state index contributed by atoms with van der Waals surface area (Å²) < 4.78 is 37.3. The van der Waals surface area contributed by atoms with Crippen LogP contribution in [0.3, 0.4) is 0 Å². The van der Waals surface area contributed by atoms with Crippen LogP contribution in [-0.2, 0) is 6.18 Å². The van der Waals surface area contributed by atoms with E-state index in [1.54, 1.807) is 6.07 Å². The lowest BCUT2D eigenvalue weighted by atomic mass is 10.3. The van der Waals surface area contributed by atoms with Crippen molar-refractivity contribution in [2.24, 2.45) is 0 Å². The molecular weight excluding hydrogens is 301 g/mol. The number of nitrogens with zero attached hydrogens (tertiary/aromatic N) is 3. The Kier molecular flexibility index (Phi) is 5.00. The van der Waals surface area contributed by atoms with Crippen molar-refractivity contribution >= 4 is 17.6 Å². The van der Waals surface area contributed by atoms with Crippen LogP contribution in [0.4, 0.5) is 19.0 Å². The highest BCUT2D eigenvalue weighted by molar-refractivity contribution is 7.99. The minimum absolute atomic E-state index is 0.447. The van der Waals surface area contributed by atoms with Crippen molar-refractivity contribution in [3.05, 3.63) is 36.3 Å². The third kappa shape index (κ3) is 4.59. The molecule has 0 aliphatic heterocycles. The predicted octanol–water partition coefficient (Wildman–Crippen LogP) is 3.86. The molecule has 0 atom stereocenters. The van der Waals surface area contributed by atoms with Gasteiger partial charge in [0.2, 0.25) is 0 Å². The van der Waals surface area contributed by atoms with Crippen molar-refractivity contribution in [2.75, 3.05) is 11.9 Å². The minimum atomic E-state index is -4.37. The quantitative estimate of drug-likeness (QED) is 0.849. The summed E-state index contributed by atoms with van der Waals surface area (Å²) in [6, 6.07) is 4.07. The first-order chi connectivity index (χ1) is 9.99. The van der Waals surface area contributed by atoms with Crippen LogP contribution in [0.5, 0.6) is 0 Å². The Morgan fingerprint density at radius 1 is 1.14 bits per heavy atom. The van der Waals surface area contributed by atoms with Crippen LogP contribution in [0.2, 0.25) is 0 Å². The number of anilines is 1. The molecule has 0 radical (unpaired) electrons. The van der Waals surface area contributed by atoms with E-state index in [-0.39, 0.29) is 0 Å². The first kappa shape index (κ1) is 15.6. The number of aromatic nitrogens is 3. The molecule has 0 saturated heterocycles. The van der Waals surface area contributed by atoms with Crippen molar-refractivity contribution in [2.45, 2.75) is 29.6 Å². The molecule has 0 amide bonds. The predicted molar refractivity (Wildman–Crippen MR) is 74.2 cm³/mol. The van der Waals surface area contributed by atoms with Gasteiger partial charge in [0.25, 0.3) is 0 Å². The maximum atomic E-state index is 12.4. The Bertz CT molecular complexity index is 587. The van der Waals surface area contributed by atoms with Gasteiger partial charge in [-0.1, -0.05) is 6.92 Å². The zero-order valence-electron chi connectivity index (χ0n) is 11.2. The average Bonchev–Trinajstić information content (AvgIpc) is 2.45. The third-order valence-electron chi connectivity index (χ3n) is 2.47. The first-order valence-corrected chi connectivity index (χ1v) is 7.07. The Morgan fingerprint density at radius 2 is 1.95 bits per heavy atom. The van der Waals surface area contributed by atoms with Crippen LogP contribution in [0.1, 0.15) is 18.9 Å². The fourth-order valence-corrected chi connectivity index (χ4v) is 2.19. The molecule has 21 heavy (non-hydrogen) atoms. The Morgan fingerprint density at radius 3 is 2.57 bits per heavy atom. The largest absolute Gasteiger partial charge is 0.417 e. The first-order valence-electron chi connectivity index (χ1n) is 6.26. The second-order valence-corrected chi connectivity index (χ2v) is 5.19. The van der Waals surface area contributed by atoms with Crippen molar-refractivity contribution in [3.8, 4) is 0 Å². The van der Waals surface area contributed by atoms with E-state index in [9.17, 15) is 13.2 Å². The van der Waals surface area contributed by atoms with Crippen LogP contribution < -0.4 is 5.32 Å². The molecule has 2 aromatic rings. The van der Waals surface area contributed by atoms with Crippen molar-refractivity contribution < 1.29 is 13.2 Å². The molecule has 8 heteroatoms. The van der Waals surface area contributed by atoms with E-state index < -0.39 is 11.7 Å². The van der Waals surface area contributed by atoms with E-state index in [0.29, 0.717) is 15.9 Å². The van der Waals surface area contributed by atoms with Crippen molar-refractivity contribution in [1.29, 1.82) is 0 Å². The normalized spacial score (nSPS) is 11.4. The fraction of sp³-hybridized carbons (Fsp3) is 0.308. The molecule has 0 aliphatic rings. The minimum Gasteiger partial charge on any atom is -0.370 e. The van der Waals surface area contributed by atoms with Gasteiger partial charge < -0.3 is 5.32 Å². The molecule has 0 fully saturated rings. The molecule has 0 saturated carbocycles. The highest BCUT2D eigenvalue weighted by Crippen LogP contribution is 2.31. The van der Waals surface area contributed by atoms with Gasteiger partial charge in [-0.2, -0.15) is 13.2 Å². The van der Waals surface area contributed by atoms with Gasteiger partial charge in [0.15, 0.2) is 0 Å². The lowest BCUT2D eigenvalue weighted by Gasteiger charge is -2.07. The fourth-order valence-electron chi connectivity index (χ4n) is 1.46. The lowest BCUT2D eigenvalue weighted by molar-refractivity contribution is -0.137. The molecule has 0 aliphatic carbocycles. The van der Waals surface area contributed by atoms with Crippen LogP contribution in [0.15, 0.2) is 40.8 Å². The number of nitrogens with one attached hydrogen (secondary N) is 1. The number of rotatable bonds is 5. The van der Waals surface area contributed by atoms with Crippen molar-refractivity contribution in [1.82, 2.24) is 15.0 Å². The summed E-state index contributed by atoms with van der Waals surface area (Å²) in [5.41, 5.74) is -0.764. The van der Waals surface area contributed by atoms with E-state index in [1.165, 1.54) is 24.2 Å². The van der Waals surface area contributed by atoms with Gasteiger partial charge in [-0.05, 0) is 30.3 Å². The molecule has 2 heterocycles. The maximum absolute atomic E-state index is 12.4. The lowest BCUT2D eigenvalue weighted by Crippen LogP contribution is -2.05. The summed E-state index contributed by atoms with van der Waals surface area (Å²) >= 11 is 1.18. The molecule has 4 nitrogen and oxygen atoms in total. The van der Waals surface area contributed by atoms with Crippen LogP contribution in [0.25, 0.3) is 0 Å². The molecule has 0 unspecified atom stereocenters. The van der Waals surface area contributed by atoms with Gasteiger partial charge in [-0.25, -0.2) is 15.0 Å². The molecule has 2 aromatic heterocycles. The van der Waals surface area contributed by atoms with E-state index in [2.05, 4.69) is 20.3 Å². The Balaban J connectivity index is 2.07. The highest BCUT2D eigenvalue weighted by atomic mass is 32.2. The zero-order chi connectivity index (χ0) is 15.3. The summed E-state index contributed by atoms with van der Waals surface area (Å²) in [6.07, 6.45) is -1.18. The second kappa shape index (κ2) is 6.75. The van der Waals surface area contributed by atoms with E-state index >= 15 is 0 Å². The molecule has 0 spiro atoms. The van der Waals surface area contributed by atoms with Gasteiger partial charge in [0.1, 0.15) is 22.2 Å². The average molecular weight is 314 g/mol. The second-order valence-electron chi connectivity index (χ2n) is 4.15. The molecule has 112 valence electrons. The summed E-state index contributed by atoms with van der Waals surface area (Å²) in [5.74, 6) is 0.682. The number of hydrogen-bond donors (Lipinski definition) is 1. The van der Waals surface area contributed by atoms with Crippen LogP contribution in [0, 0.1) is 0 Å². The summed E-state index contributed by atoms with van der Waals surface area (Å²) in [5, 5.41) is 4.18. The van der Waals surface area contributed by atoms with Gasteiger partial charge in [0, 0.05) is 18.8 Å². The monoisotopic (exact) mass is 314 g/mol. The van der Waals surface area contributed by atoms with Gasteiger partial charge in [-0.15, -0.1) is 0 Å². The molecule has 1 N–H and O–H groups in total. The van der Waals surface area contributed by atoms with Crippen molar-refractivity contribution in [3.63, 3.8) is 0 Å². The summed E-state index contributed by atoms with van der Waals surface area (Å²) in [7, 11) is 0. The molecule has 2 rings (SSSR count). The number of alkyl halides is 3. The SMILES string of the molecule is CCCNc1cc(Sc2ccc(C(F)(F)F)cn2)ncn1. The maximum Gasteiger partial charge on any atom is 0.417 e. The standard InChI is InChI=1S/C13H13F3N4S/c1-2-5-17-10-6-12(20-8-19-10)21-11-4-3-9(7-18-11)13(14,15)16/h3-4,6-8H,2,5H2,1H3,(H,17,19,20). The number of hydrogen-bond acceptors (Lipinski definition) is 5. The third-order valence-corrected chi connectivity index (χ3v) is 3.35. The smallest absolute Gasteiger partial charge is 0.370 e. The molecule has 0 bridgehead atoms. The van der Waals surface area contributed by atoms with E-state index in [4.69, 9.17) is 0 Å². The topological polar surface area (TPSA) is 50.7 Å². The van der Waals surface area contributed by atoms with Crippen LogP contribution in [-0.4, -0.2) is 21.5 Å². The Labute approximate surface area is 124 Å². The zero-order valence-corrected chi connectivity index (χ0v) is 12.0. The Hall–Kier alpha value is -1.83. The summed E-state index contributed by atoms with van der Waals surface area (Å²) in [6.45, 7) is 2.83. The molecular formula is C13H13F3N4S. The van der Waals surface area contributed by atoms with Crippen LogP contribution >= 0.6 is 11.8 Å². The highest BCUT2D eigenvalue weighted by Gasteiger charge is 2.30. The summed E-state index contributed by atoms with van der Waals surface area (Å²) in [4.78, 5) is 11.9. The molecule has 0 aromatic carbocycles. The number of halogens is 3. The van der Waals surface area contributed by atoms with Gasteiger partial charge in [-0.3, -0.25) is 0 Å². The van der Waals surface area contributed by atoms with Gasteiger partial charge >= 0.3 is 6.18 Å². The van der Waals surface area contributed by atoms with E-state index in [0.717, 1.165) is 25.2 Å². The van der Waals surface area contributed by atoms with Gasteiger partial charge in [0.05, 0.1) is 5.56 Å². The van der Waals surface area contributed by atoms with E-state index in [1.807, 2.05) is 6.92 Å².